The molecule has 2 rings (SSSR count). The van der Waals surface area contributed by atoms with Gasteiger partial charge in [0.05, 0.1) is 12.2 Å². The van der Waals surface area contributed by atoms with Crippen LogP contribution < -0.4 is 5.32 Å². The number of nitrogens with zero attached hydrogens (tertiary/aromatic N) is 4. The third kappa shape index (κ3) is 3.10. The van der Waals surface area contributed by atoms with E-state index in [2.05, 4.69) is 41.6 Å². The molecule has 1 aromatic heterocycles. The third-order valence-electron chi connectivity index (χ3n) is 2.31. The minimum absolute atomic E-state index is 0.0491. The largest absolute Gasteiger partial charge is 0.305 e. The molecule has 0 saturated carbocycles. The number of rotatable bonds is 3. The van der Waals surface area contributed by atoms with Crippen molar-refractivity contribution in [3.05, 3.63) is 36.2 Å². The summed E-state index contributed by atoms with van der Waals surface area (Å²) >= 11 is 0. The summed E-state index contributed by atoms with van der Waals surface area (Å²) in [6.45, 7) is 6.99. The third-order valence-corrected chi connectivity index (χ3v) is 2.31. The highest BCUT2D eigenvalue weighted by Gasteiger charge is 2.13. The van der Waals surface area contributed by atoms with Gasteiger partial charge >= 0.3 is 0 Å². The first-order valence-corrected chi connectivity index (χ1v) is 5.64. The smallest absolute Gasteiger partial charge is 0.170 e. The number of nitrogens with one attached hydrogen (secondary N) is 1. The highest BCUT2D eigenvalue weighted by atomic mass is 15.5. The van der Waals surface area contributed by atoms with Gasteiger partial charge in [0.2, 0.25) is 0 Å². The van der Waals surface area contributed by atoms with Crippen molar-refractivity contribution >= 4 is 0 Å². The first-order valence-electron chi connectivity index (χ1n) is 5.64. The quantitative estimate of drug-likeness (QED) is 0.870. The lowest BCUT2D eigenvalue weighted by Crippen LogP contribution is -2.35. The van der Waals surface area contributed by atoms with Crippen LogP contribution in [0.1, 0.15) is 26.6 Å². The maximum atomic E-state index is 4.03. The van der Waals surface area contributed by atoms with Gasteiger partial charge in [0.15, 0.2) is 5.82 Å². The summed E-state index contributed by atoms with van der Waals surface area (Å²) in [4.78, 5) is 0. The lowest BCUT2D eigenvalue weighted by molar-refractivity contribution is 0.415. The summed E-state index contributed by atoms with van der Waals surface area (Å²) < 4.78 is 1.75. The molecule has 0 saturated heterocycles. The standard InChI is InChI=1S/C12H17N5/c1-12(2,3)13-9-11-14-15-16-17(11)10-7-5-4-6-8-10/h4-8,13H,9H2,1-3H3. The number of hydrogen-bond donors (Lipinski definition) is 1. The molecule has 1 aromatic carbocycles. The molecule has 0 fully saturated rings. The van der Waals surface area contributed by atoms with Crippen molar-refractivity contribution in [2.45, 2.75) is 32.9 Å². The first kappa shape index (κ1) is 11.7. The molecular formula is C12H17N5. The molecule has 5 heteroatoms. The first-order chi connectivity index (χ1) is 8.06. The molecule has 0 aliphatic heterocycles. The summed E-state index contributed by atoms with van der Waals surface area (Å²) in [5, 5.41) is 15.1. The number of para-hydroxylation sites is 1. The van der Waals surface area contributed by atoms with E-state index in [0.29, 0.717) is 6.54 Å². The molecule has 0 atom stereocenters. The van der Waals surface area contributed by atoms with Crippen LogP contribution in [0.4, 0.5) is 0 Å². The fourth-order valence-electron chi connectivity index (χ4n) is 1.43. The Balaban J connectivity index is 2.18. The Labute approximate surface area is 101 Å². The number of hydrogen-bond acceptors (Lipinski definition) is 4. The maximum absolute atomic E-state index is 4.03. The molecule has 0 unspecified atom stereocenters. The monoisotopic (exact) mass is 231 g/mol. The Morgan fingerprint density at radius 1 is 1.18 bits per heavy atom. The molecule has 17 heavy (non-hydrogen) atoms. The lowest BCUT2D eigenvalue weighted by atomic mass is 10.1. The summed E-state index contributed by atoms with van der Waals surface area (Å²) in [5.41, 5.74) is 1.02. The van der Waals surface area contributed by atoms with Crippen molar-refractivity contribution in [1.29, 1.82) is 0 Å². The highest BCUT2D eigenvalue weighted by molar-refractivity contribution is 5.30. The number of benzene rings is 1. The molecule has 90 valence electrons. The van der Waals surface area contributed by atoms with Crippen LogP contribution in [0, 0.1) is 0 Å². The van der Waals surface area contributed by atoms with Gasteiger partial charge in [-0.3, -0.25) is 0 Å². The summed E-state index contributed by atoms with van der Waals surface area (Å²) in [5.74, 6) is 0.811. The van der Waals surface area contributed by atoms with Gasteiger partial charge in [-0.1, -0.05) is 18.2 Å². The molecule has 2 aromatic rings. The van der Waals surface area contributed by atoms with Gasteiger partial charge in [-0.15, -0.1) is 5.10 Å². The zero-order valence-electron chi connectivity index (χ0n) is 10.4. The van der Waals surface area contributed by atoms with Crippen LogP contribution in [0.5, 0.6) is 0 Å². The highest BCUT2D eigenvalue weighted by Crippen LogP contribution is 2.08. The molecule has 1 heterocycles. The van der Waals surface area contributed by atoms with E-state index in [9.17, 15) is 0 Å². The Morgan fingerprint density at radius 3 is 2.53 bits per heavy atom. The molecule has 5 nitrogen and oxygen atoms in total. The molecule has 0 aliphatic carbocycles. The van der Waals surface area contributed by atoms with E-state index in [-0.39, 0.29) is 5.54 Å². The SMILES string of the molecule is CC(C)(C)NCc1nnnn1-c1ccccc1. The molecule has 0 bridgehead atoms. The Kier molecular flexibility index (Phi) is 3.19. The average Bonchev–Trinajstić information content (AvgIpc) is 2.75. The van der Waals surface area contributed by atoms with E-state index in [1.54, 1.807) is 4.68 Å². The van der Waals surface area contributed by atoms with E-state index in [4.69, 9.17) is 0 Å². The Bertz CT molecular complexity index is 469. The van der Waals surface area contributed by atoms with E-state index in [0.717, 1.165) is 11.5 Å². The fourth-order valence-corrected chi connectivity index (χ4v) is 1.43. The van der Waals surface area contributed by atoms with Crippen molar-refractivity contribution in [2.24, 2.45) is 0 Å². The maximum Gasteiger partial charge on any atom is 0.170 e. The van der Waals surface area contributed by atoms with Crippen LogP contribution in [0.25, 0.3) is 5.69 Å². The van der Waals surface area contributed by atoms with Gasteiger partial charge in [0.25, 0.3) is 0 Å². The average molecular weight is 231 g/mol. The molecule has 0 amide bonds. The second-order valence-corrected chi connectivity index (χ2v) is 4.95. The minimum Gasteiger partial charge on any atom is -0.305 e. The van der Waals surface area contributed by atoms with Crippen LogP contribution in [-0.2, 0) is 6.54 Å². The van der Waals surface area contributed by atoms with Crippen molar-refractivity contribution in [1.82, 2.24) is 25.5 Å². The van der Waals surface area contributed by atoms with Gasteiger partial charge in [-0.05, 0) is 43.3 Å². The molecule has 0 spiro atoms. The van der Waals surface area contributed by atoms with Gasteiger partial charge in [0, 0.05) is 5.54 Å². The van der Waals surface area contributed by atoms with Crippen molar-refractivity contribution in [3.8, 4) is 5.69 Å². The van der Waals surface area contributed by atoms with Crippen molar-refractivity contribution in [2.75, 3.05) is 0 Å². The van der Waals surface area contributed by atoms with Crippen LogP contribution >= 0.6 is 0 Å². The van der Waals surface area contributed by atoms with E-state index in [1.165, 1.54) is 0 Å². The minimum atomic E-state index is 0.0491. The van der Waals surface area contributed by atoms with Crippen LogP contribution in [0.2, 0.25) is 0 Å². The van der Waals surface area contributed by atoms with E-state index in [1.807, 2.05) is 30.3 Å². The van der Waals surface area contributed by atoms with Crippen molar-refractivity contribution in [3.63, 3.8) is 0 Å². The van der Waals surface area contributed by atoms with Crippen LogP contribution in [0.15, 0.2) is 30.3 Å². The summed E-state index contributed by atoms with van der Waals surface area (Å²) in [6, 6.07) is 9.88. The second-order valence-electron chi connectivity index (χ2n) is 4.95. The molecule has 0 aliphatic rings. The summed E-state index contributed by atoms with van der Waals surface area (Å²) in [6.07, 6.45) is 0. The van der Waals surface area contributed by atoms with E-state index >= 15 is 0 Å². The Hall–Kier alpha value is -1.75. The van der Waals surface area contributed by atoms with E-state index < -0.39 is 0 Å². The topological polar surface area (TPSA) is 55.6 Å². The summed E-state index contributed by atoms with van der Waals surface area (Å²) in [7, 11) is 0. The second kappa shape index (κ2) is 4.63. The van der Waals surface area contributed by atoms with Gasteiger partial charge < -0.3 is 5.32 Å². The fraction of sp³-hybridized carbons (Fsp3) is 0.417. The predicted molar refractivity (Wildman–Crippen MR) is 65.7 cm³/mol. The number of aromatic nitrogens is 4. The van der Waals surface area contributed by atoms with Gasteiger partial charge in [0.1, 0.15) is 0 Å². The predicted octanol–water partition coefficient (Wildman–Crippen LogP) is 1.55. The molecular weight excluding hydrogens is 214 g/mol. The zero-order chi connectivity index (χ0) is 12.3. The molecule has 0 radical (unpaired) electrons. The number of tetrazole rings is 1. The van der Waals surface area contributed by atoms with Crippen molar-refractivity contribution < 1.29 is 0 Å². The Morgan fingerprint density at radius 2 is 1.88 bits per heavy atom. The van der Waals surface area contributed by atoms with Gasteiger partial charge in [-0.2, -0.15) is 4.68 Å². The van der Waals surface area contributed by atoms with Gasteiger partial charge in [-0.25, -0.2) is 0 Å². The lowest BCUT2D eigenvalue weighted by Gasteiger charge is -2.19. The zero-order valence-corrected chi connectivity index (χ0v) is 10.4. The molecule has 1 N–H and O–H groups in total. The van der Waals surface area contributed by atoms with Crippen LogP contribution in [-0.4, -0.2) is 25.7 Å². The normalized spacial score (nSPS) is 11.7. The van der Waals surface area contributed by atoms with Crippen LogP contribution in [0.3, 0.4) is 0 Å².